The van der Waals surface area contributed by atoms with Crippen LogP contribution in [0.4, 0.5) is 0 Å². The molecule has 152 valence electrons. The third-order valence-electron chi connectivity index (χ3n) is 5.77. The van der Waals surface area contributed by atoms with Crippen LogP contribution in [0.1, 0.15) is 36.8 Å². The number of carboxylic acid groups (broad SMARTS) is 1. The van der Waals surface area contributed by atoms with Gasteiger partial charge in [-0.1, -0.05) is 60.7 Å². The van der Waals surface area contributed by atoms with Crippen molar-refractivity contribution in [3.63, 3.8) is 0 Å². The van der Waals surface area contributed by atoms with Gasteiger partial charge in [0.2, 0.25) is 5.60 Å². The number of carboxylic acids is 1. The normalized spacial score (nSPS) is 23.9. The molecule has 2 saturated heterocycles. The van der Waals surface area contributed by atoms with E-state index in [0.29, 0.717) is 23.2 Å². The van der Waals surface area contributed by atoms with E-state index in [2.05, 4.69) is 11.9 Å². The van der Waals surface area contributed by atoms with Gasteiger partial charge in [-0.3, -0.25) is 0 Å². The Morgan fingerprint density at radius 3 is 1.68 bits per heavy atom. The van der Waals surface area contributed by atoms with Crippen molar-refractivity contribution in [1.29, 1.82) is 0 Å². The number of rotatable bonds is 3. The summed E-state index contributed by atoms with van der Waals surface area (Å²) < 4.78 is 0. The molecular weight excluding hydrogens is 378 g/mol. The van der Waals surface area contributed by atoms with E-state index in [1.165, 1.54) is 12.8 Å². The summed E-state index contributed by atoms with van der Waals surface area (Å²) in [7, 11) is 2.19. The minimum atomic E-state index is -2.00. The summed E-state index contributed by atoms with van der Waals surface area (Å²) in [4.78, 5) is 13.8. The van der Waals surface area contributed by atoms with Gasteiger partial charge >= 0.3 is 5.97 Å². The molecule has 2 heterocycles. The number of hydrogen-bond donors (Lipinski definition) is 3. The molecule has 2 aliphatic rings. The van der Waals surface area contributed by atoms with Gasteiger partial charge in [-0.05, 0) is 43.9 Å². The first-order chi connectivity index (χ1) is 12.9. The van der Waals surface area contributed by atoms with Crippen molar-refractivity contribution in [2.45, 2.75) is 49.5 Å². The highest BCUT2D eigenvalue weighted by molar-refractivity contribution is 5.85. The number of aliphatic hydroxyl groups is 2. The van der Waals surface area contributed by atoms with Gasteiger partial charge in [0.1, 0.15) is 0 Å². The van der Waals surface area contributed by atoms with Gasteiger partial charge in [-0.15, -0.1) is 12.4 Å². The van der Waals surface area contributed by atoms with Crippen LogP contribution in [0.25, 0.3) is 0 Å². The summed E-state index contributed by atoms with van der Waals surface area (Å²) in [6.07, 6.45) is 4.62. The van der Waals surface area contributed by atoms with Gasteiger partial charge in [0.15, 0.2) is 0 Å². The van der Waals surface area contributed by atoms with Crippen LogP contribution in [0.15, 0.2) is 60.7 Å². The van der Waals surface area contributed by atoms with Crippen LogP contribution in [0, 0.1) is 0 Å². The molecule has 0 radical (unpaired) electrons. The summed E-state index contributed by atoms with van der Waals surface area (Å²) in [5.41, 5.74) is -1.31. The Kier molecular flexibility index (Phi) is 7.61. The van der Waals surface area contributed by atoms with E-state index < -0.39 is 11.6 Å². The van der Waals surface area contributed by atoms with Crippen LogP contribution in [0.3, 0.4) is 0 Å². The van der Waals surface area contributed by atoms with Crippen LogP contribution in [0.5, 0.6) is 0 Å². The van der Waals surface area contributed by atoms with Gasteiger partial charge in [-0.2, -0.15) is 0 Å². The molecule has 5 nitrogen and oxygen atoms in total. The molecule has 4 rings (SSSR count). The number of aliphatic carboxylic acids is 1. The van der Waals surface area contributed by atoms with Crippen molar-refractivity contribution < 1.29 is 20.1 Å². The lowest BCUT2D eigenvalue weighted by Crippen LogP contribution is -2.41. The number of halogens is 1. The maximum Gasteiger partial charge on any atom is 0.345 e. The lowest BCUT2D eigenvalue weighted by atomic mass is 9.86. The van der Waals surface area contributed by atoms with E-state index in [1.807, 2.05) is 0 Å². The van der Waals surface area contributed by atoms with Crippen LogP contribution in [-0.4, -0.2) is 51.4 Å². The second kappa shape index (κ2) is 9.52. The summed E-state index contributed by atoms with van der Waals surface area (Å²) >= 11 is 0. The average Bonchev–Trinajstić information content (AvgIpc) is 2.90. The molecule has 3 atom stereocenters. The highest BCUT2D eigenvalue weighted by Gasteiger charge is 2.40. The van der Waals surface area contributed by atoms with E-state index >= 15 is 0 Å². The third-order valence-corrected chi connectivity index (χ3v) is 5.77. The molecule has 2 aliphatic heterocycles. The van der Waals surface area contributed by atoms with E-state index in [0.717, 1.165) is 12.8 Å². The monoisotopic (exact) mass is 405 g/mol. The molecule has 2 fully saturated rings. The quantitative estimate of drug-likeness (QED) is 0.731. The highest BCUT2D eigenvalue weighted by atomic mass is 35.5. The first-order valence-corrected chi connectivity index (χ1v) is 9.39. The zero-order valence-electron chi connectivity index (χ0n) is 15.9. The molecule has 2 aromatic carbocycles. The molecule has 2 bridgehead atoms. The minimum absolute atomic E-state index is 0. The SMILES string of the molecule is CN1[C@@H]2CC[C@H]1CC(O)C2.Cl.O=C(O)C(O)(c1ccccc1)c1ccccc1. The Bertz CT molecular complexity index is 702. The van der Waals surface area contributed by atoms with Crippen LogP contribution < -0.4 is 0 Å². The second-order valence-electron chi connectivity index (χ2n) is 7.42. The lowest BCUT2D eigenvalue weighted by molar-refractivity contribution is -0.155. The average molecular weight is 406 g/mol. The minimum Gasteiger partial charge on any atom is -0.479 e. The van der Waals surface area contributed by atoms with E-state index in [4.69, 9.17) is 0 Å². The van der Waals surface area contributed by atoms with Crippen molar-refractivity contribution in [2.75, 3.05) is 7.05 Å². The zero-order chi connectivity index (χ0) is 19.4. The van der Waals surface area contributed by atoms with E-state index in [1.54, 1.807) is 60.7 Å². The van der Waals surface area contributed by atoms with E-state index in [-0.39, 0.29) is 18.5 Å². The Labute approximate surface area is 172 Å². The molecule has 6 heteroatoms. The number of nitrogens with zero attached hydrogens (tertiary/aromatic N) is 1. The third kappa shape index (κ3) is 4.55. The standard InChI is InChI=1S/C14H12O3.C8H15NO.ClH/c15-13(16)14(17,11-7-3-1-4-8-11)12-9-5-2-6-10-12;1-9-6-2-3-7(9)5-8(10)4-6;/h1-10,17H,(H,15,16);6-8,10H,2-5H2,1H3;1H/t;6-,7+,8?;. The van der Waals surface area contributed by atoms with E-state index in [9.17, 15) is 20.1 Å². The molecule has 0 amide bonds. The summed E-state index contributed by atoms with van der Waals surface area (Å²) in [5, 5.41) is 29.1. The first kappa shape index (κ1) is 22.4. The number of benzene rings is 2. The Morgan fingerprint density at radius 1 is 0.929 bits per heavy atom. The zero-order valence-corrected chi connectivity index (χ0v) is 16.8. The molecule has 0 saturated carbocycles. The highest BCUT2D eigenvalue weighted by Crippen LogP contribution is 2.34. The van der Waals surface area contributed by atoms with Gasteiger partial charge < -0.3 is 20.2 Å². The van der Waals surface area contributed by atoms with Crippen molar-refractivity contribution in [2.24, 2.45) is 0 Å². The first-order valence-electron chi connectivity index (χ1n) is 9.39. The molecular formula is C22H28ClNO4. The molecule has 1 unspecified atom stereocenters. The number of fused-ring (bicyclic) bond motifs is 2. The summed E-state index contributed by atoms with van der Waals surface area (Å²) in [6.45, 7) is 0. The maximum atomic E-state index is 11.4. The summed E-state index contributed by atoms with van der Waals surface area (Å²) in [6, 6.07) is 18.1. The molecule has 0 spiro atoms. The molecule has 0 aromatic heterocycles. The smallest absolute Gasteiger partial charge is 0.345 e. The lowest BCUT2D eigenvalue weighted by Gasteiger charge is -2.33. The largest absolute Gasteiger partial charge is 0.479 e. The summed E-state index contributed by atoms with van der Waals surface area (Å²) in [5.74, 6) is -1.28. The van der Waals surface area contributed by atoms with Crippen molar-refractivity contribution in [1.82, 2.24) is 4.90 Å². The molecule has 0 aliphatic carbocycles. The van der Waals surface area contributed by atoms with Crippen molar-refractivity contribution in [3.05, 3.63) is 71.8 Å². The number of hydrogen-bond acceptors (Lipinski definition) is 4. The molecule has 28 heavy (non-hydrogen) atoms. The van der Waals surface area contributed by atoms with Crippen molar-refractivity contribution in [3.8, 4) is 0 Å². The number of aliphatic hydroxyl groups excluding tert-OH is 1. The second-order valence-corrected chi connectivity index (χ2v) is 7.42. The van der Waals surface area contributed by atoms with Crippen LogP contribution >= 0.6 is 12.4 Å². The Hall–Kier alpha value is -1.92. The molecule has 3 N–H and O–H groups in total. The predicted octanol–water partition coefficient (Wildman–Crippen LogP) is 3.03. The number of piperidine rings is 1. The fraction of sp³-hybridized carbons (Fsp3) is 0.409. The predicted molar refractivity (Wildman–Crippen MR) is 111 cm³/mol. The van der Waals surface area contributed by atoms with Crippen molar-refractivity contribution >= 4 is 18.4 Å². The van der Waals surface area contributed by atoms with Gasteiger partial charge in [0, 0.05) is 12.1 Å². The maximum absolute atomic E-state index is 11.4. The van der Waals surface area contributed by atoms with Gasteiger partial charge in [0.05, 0.1) is 6.10 Å². The Morgan fingerprint density at radius 2 is 1.32 bits per heavy atom. The van der Waals surface area contributed by atoms with Crippen LogP contribution in [0.2, 0.25) is 0 Å². The van der Waals surface area contributed by atoms with Crippen LogP contribution in [-0.2, 0) is 10.4 Å². The topological polar surface area (TPSA) is 81.0 Å². The Balaban J connectivity index is 0.000000217. The fourth-order valence-corrected chi connectivity index (χ4v) is 4.16. The fourth-order valence-electron chi connectivity index (χ4n) is 4.16. The molecule has 2 aromatic rings. The number of carbonyl (C=O) groups is 1. The van der Waals surface area contributed by atoms with Gasteiger partial charge in [-0.25, -0.2) is 4.79 Å². The van der Waals surface area contributed by atoms with Gasteiger partial charge in [0.25, 0.3) is 0 Å².